The van der Waals surface area contributed by atoms with E-state index in [0.29, 0.717) is 11.1 Å². The lowest BCUT2D eigenvalue weighted by Gasteiger charge is -2.33. The van der Waals surface area contributed by atoms with Gasteiger partial charge in [-0.25, -0.2) is 0 Å². The molecule has 1 aliphatic rings. The van der Waals surface area contributed by atoms with Gasteiger partial charge in [0.05, 0.1) is 0 Å². The smallest absolute Gasteiger partial charge is 0.256 e. The minimum absolute atomic E-state index is 0.253. The summed E-state index contributed by atoms with van der Waals surface area (Å²) >= 11 is 0. The van der Waals surface area contributed by atoms with E-state index in [1.165, 1.54) is 6.07 Å². The van der Waals surface area contributed by atoms with Gasteiger partial charge in [-0.15, -0.1) is 0 Å². The summed E-state index contributed by atoms with van der Waals surface area (Å²) in [7, 11) is 0. The Morgan fingerprint density at radius 3 is 1.96 bits per heavy atom. The Labute approximate surface area is 131 Å². The molecule has 118 valence electrons. The molecule has 0 aromatic heterocycles. The summed E-state index contributed by atoms with van der Waals surface area (Å²) in [5.41, 5.74) is 1.06. The highest BCUT2D eigenvalue weighted by Gasteiger charge is 2.55. The molecule has 1 N–H and O–H groups in total. The fraction of sp³-hybridized carbons (Fsp3) is 0.250. The number of benzene rings is 2. The lowest BCUT2D eigenvalue weighted by molar-refractivity contribution is -0.582. The van der Waals surface area contributed by atoms with Crippen LogP contribution in [0.4, 0.5) is 0 Å². The van der Waals surface area contributed by atoms with Gasteiger partial charge in [-0.1, -0.05) is 54.6 Å². The number of rotatable bonds is 3. The second-order valence-electron chi connectivity index (χ2n) is 5.52. The number of hydrogen-bond donors (Lipinski definition) is 1. The van der Waals surface area contributed by atoms with Crippen molar-refractivity contribution in [3.63, 3.8) is 0 Å². The van der Waals surface area contributed by atoms with E-state index in [1.54, 1.807) is 48.5 Å². The summed E-state index contributed by atoms with van der Waals surface area (Å²) in [5, 5.41) is 33.7. The van der Waals surface area contributed by atoms with Crippen LogP contribution in [0.2, 0.25) is 0 Å². The summed E-state index contributed by atoms with van der Waals surface area (Å²) in [6.45, 7) is 0. The molecule has 0 unspecified atom stereocenters. The summed E-state index contributed by atoms with van der Waals surface area (Å²) < 4.78 is 0. The Bertz CT molecular complexity index is 749. The summed E-state index contributed by atoms with van der Waals surface area (Å²) in [4.78, 5) is 22.1. The monoisotopic (exact) mass is 314 g/mol. The minimum atomic E-state index is -1.47. The Balaban J connectivity index is 2.25. The highest BCUT2D eigenvalue weighted by molar-refractivity contribution is 5.39. The van der Waals surface area contributed by atoms with Crippen LogP contribution in [-0.4, -0.2) is 21.0 Å². The molecule has 0 heterocycles. The Hall–Kier alpha value is -2.80. The fourth-order valence-electron chi connectivity index (χ4n) is 3.36. The third-order valence-corrected chi connectivity index (χ3v) is 4.32. The van der Waals surface area contributed by atoms with E-state index in [2.05, 4.69) is 0 Å². The molecular weight excluding hydrogens is 300 g/mol. The van der Waals surface area contributed by atoms with Crippen LogP contribution in [0.25, 0.3) is 0 Å². The van der Waals surface area contributed by atoms with Gasteiger partial charge >= 0.3 is 0 Å². The van der Waals surface area contributed by atoms with Crippen molar-refractivity contribution >= 4 is 0 Å². The first-order valence-corrected chi connectivity index (χ1v) is 7.11. The molecular formula is C16H14N2O5. The average molecular weight is 314 g/mol. The maximum absolute atomic E-state index is 11.7. The molecule has 0 spiro atoms. The minimum Gasteiger partial charge on any atom is -0.381 e. The summed E-state index contributed by atoms with van der Waals surface area (Å²) in [5.74, 6) is -1.04. The normalized spacial score (nSPS) is 26.3. The number of aliphatic hydroxyl groups is 1. The molecule has 3 rings (SSSR count). The van der Waals surface area contributed by atoms with Crippen LogP contribution in [0.1, 0.15) is 34.8 Å². The highest BCUT2D eigenvalue weighted by Crippen LogP contribution is 2.47. The number of nitrogens with zero attached hydrogens (tertiary/aromatic N) is 2. The number of aliphatic hydroxyl groups excluding tert-OH is 1. The molecule has 0 saturated carbocycles. The molecule has 0 saturated heterocycles. The molecule has 0 radical (unpaired) electrons. The van der Waals surface area contributed by atoms with Crippen molar-refractivity contribution in [2.24, 2.45) is 0 Å². The molecule has 4 atom stereocenters. The van der Waals surface area contributed by atoms with Gasteiger partial charge in [-0.05, 0) is 11.1 Å². The van der Waals surface area contributed by atoms with Crippen LogP contribution in [0.3, 0.4) is 0 Å². The van der Waals surface area contributed by atoms with Gasteiger partial charge in [0.2, 0.25) is 0 Å². The van der Waals surface area contributed by atoms with Crippen molar-refractivity contribution in [3.8, 4) is 0 Å². The van der Waals surface area contributed by atoms with Crippen LogP contribution in [0.5, 0.6) is 0 Å². The number of hydrogen-bond acceptors (Lipinski definition) is 5. The topological polar surface area (TPSA) is 107 Å². The van der Waals surface area contributed by atoms with E-state index in [9.17, 15) is 25.3 Å². The van der Waals surface area contributed by atoms with Crippen LogP contribution in [0.15, 0.2) is 54.6 Å². The van der Waals surface area contributed by atoms with E-state index < -0.39 is 34.0 Å². The third kappa shape index (κ3) is 2.44. The van der Waals surface area contributed by atoms with Crippen molar-refractivity contribution in [3.05, 3.63) is 91.5 Å². The number of fused-ring (bicyclic) bond motifs is 1. The molecule has 7 nitrogen and oxygen atoms in total. The van der Waals surface area contributed by atoms with E-state index in [4.69, 9.17) is 0 Å². The van der Waals surface area contributed by atoms with Crippen LogP contribution in [-0.2, 0) is 0 Å². The van der Waals surface area contributed by atoms with Crippen molar-refractivity contribution in [2.75, 3.05) is 0 Å². The zero-order valence-corrected chi connectivity index (χ0v) is 12.0. The van der Waals surface area contributed by atoms with Gasteiger partial charge in [0.15, 0.2) is 0 Å². The Kier molecular flexibility index (Phi) is 3.79. The van der Waals surface area contributed by atoms with Crippen molar-refractivity contribution in [2.45, 2.75) is 24.1 Å². The lowest BCUT2D eigenvalue weighted by Crippen LogP contribution is -2.43. The molecule has 7 heteroatoms. The molecule has 0 bridgehead atoms. The standard InChI is InChI=1S/C16H14N2O5/c19-16-12-9-5-4-8-11(12)14(17(20)21)13(15(16)18(22)23)10-6-2-1-3-7-10/h1-9,13-16,19H/t13-,14+,15+,16-/m1/s1. The van der Waals surface area contributed by atoms with Crippen LogP contribution in [0, 0.1) is 20.2 Å². The van der Waals surface area contributed by atoms with Gasteiger partial charge in [0.1, 0.15) is 12.0 Å². The summed E-state index contributed by atoms with van der Waals surface area (Å²) in [6, 6.07) is 11.9. The van der Waals surface area contributed by atoms with Gasteiger partial charge in [0.25, 0.3) is 12.1 Å². The maximum Gasteiger partial charge on any atom is 0.256 e. The number of nitro groups is 2. The zero-order chi connectivity index (χ0) is 16.6. The highest BCUT2D eigenvalue weighted by atomic mass is 16.6. The molecule has 23 heavy (non-hydrogen) atoms. The second-order valence-corrected chi connectivity index (χ2v) is 5.52. The first kappa shape index (κ1) is 15.1. The van der Waals surface area contributed by atoms with E-state index >= 15 is 0 Å². The van der Waals surface area contributed by atoms with Gasteiger partial charge in [-0.2, -0.15) is 0 Å². The van der Waals surface area contributed by atoms with E-state index in [-0.39, 0.29) is 5.56 Å². The predicted molar refractivity (Wildman–Crippen MR) is 81.1 cm³/mol. The van der Waals surface area contributed by atoms with Crippen LogP contribution < -0.4 is 0 Å². The second kappa shape index (κ2) is 5.77. The Morgan fingerprint density at radius 2 is 1.39 bits per heavy atom. The van der Waals surface area contributed by atoms with Crippen molar-refractivity contribution < 1.29 is 15.0 Å². The lowest BCUT2D eigenvalue weighted by atomic mass is 9.72. The van der Waals surface area contributed by atoms with Gasteiger partial charge in [-0.3, -0.25) is 20.2 Å². The fourth-order valence-corrected chi connectivity index (χ4v) is 3.36. The average Bonchev–Trinajstić information content (AvgIpc) is 2.54. The molecule has 0 amide bonds. The van der Waals surface area contributed by atoms with E-state index in [1.807, 2.05) is 0 Å². The molecule has 2 aromatic carbocycles. The SMILES string of the molecule is O=[N+]([O-])[C@H]1[C@H](c2ccccc2)[C@@H]([N+](=O)[O-])c2ccccc2[C@H]1O. The van der Waals surface area contributed by atoms with Gasteiger partial charge in [0, 0.05) is 15.4 Å². The zero-order valence-electron chi connectivity index (χ0n) is 12.0. The third-order valence-electron chi connectivity index (χ3n) is 4.32. The first-order chi connectivity index (χ1) is 11.0. The maximum atomic E-state index is 11.7. The molecule has 1 aliphatic carbocycles. The largest absolute Gasteiger partial charge is 0.381 e. The van der Waals surface area contributed by atoms with Crippen molar-refractivity contribution in [1.82, 2.24) is 0 Å². The van der Waals surface area contributed by atoms with Crippen LogP contribution >= 0.6 is 0 Å². The Morgan fingerprint density at radius 1 is 0.826 bits per heavy atom. The van der Waals surface area contributed by atoms with E-state index in [0.717, 1.165) is 0 Å². The molecule has 2 aromatic rings. The molecule has 0 fully saturated rings. The predicted octanol–water partition coefficient (Wildman–Crippen LogP) is 2.48. The molecule has 0 aliphatic heterocycles. The van der Waals surface area contributed by atoms with Crippen molar-refractivity contribution in [1.29, 1.82) is 0 Å². The first-order valence-electron chi connectivity index (χ1n) is 7.11. The van der Waals surface area contributed by atoms with Gasteiger partial charge < -0.3 is 5.11 Å². The summed E-state index contributed by atoms with van der Waals surface area (Å²) in [6.07, 6.45) is -1.39. The quantitative estimate of drug-likeness (QED) is 0.692.